The molecule has 0 N–H and O–H groups in total. The Morgan fingerprint density at radius 3 is 2.86 bits per heavy atom. The number of aromatic nitrogens is 2. The lowest BCUT2D eigenvalue weighted by Crippen LogP contribution is -2.40. The van der Waals surface area contributed by atoms with Crippen molar-refractivity contribution in [2.75, 3.05) is 50.9 Å². The van der Waals surface area contributed by atoms with Crippen molar-refractivity contribution in [3.8, 4) is 0 Å². The number of hydrogen-bond donors (Lipinski definition) is 0. The van der Waals surface area contributed by atoms with Crippen LogP contribution < -0.4 is 4.90 Å². The van der Waals surface area contributed by atoms with Crippen molar-refractivity contribution in [2.24, 2.45) is 0 Å². The third-order valence-corrected chi connectivity index (χ3v) is 6.29. The summed E-state index contributed by atoms with van der Waals surface area (Å²) < 4.78 is 11.5. The molecule has 1 spiro atoms. The van der Waals surface area contributed by atoms with Gasteiger partial charge in [-0.15, -0.1) is 0 Å². The van der Waals surface area contributed by atoms with Crippen LogP contribution in [-0.4, -0.2) is 60.9 Å². The molecule has 0 bridgehead atoms. The van der Waals surface area contributed by atoms with Crippen LogP contribution in [0.2, 0.25) is 0 Å². The van der Waals surface area contributed by atoms with E-state index in [1.54, 1.807) is 0 Å². The number of aryl methyl sites for hydroxylation is 1. The Bertz CT molecular complexity index is 852. The number of hydrogen-bond acceptors (Lipinski definition) is 6. The molecule has 4 heterocycles. The third-order valence-electron chi connectivity index (χ3n) is 6.29. The molecule has 3 aliphatic rings. The maximum Gasteiger partial charge on any atom is 0.125 e. The predicted molar refractivity (Wildman–Crippen MR) is 107 cm³/mol. The average molecular weight is 380 g/mol. The van der Waals surface area contributed by atoms with E-state index < -0.39 is 0 Å². The van der Waals surface area contributed by atoms with Gasteiger partial charge in [0.25, 0.3) is 0 Å². The summed E-state index contributed by atoms with van der Waals surface area (Å²) in [4.78, 5) is 14.2. The molecule has 0 amide bonds. The molecule has 6 heteroatoms. The molecule has 6 nitrogen and oxygen atoms in total. The lowest BCUT2D eigenvalue weighted by Gasteiger charge is -2.35. The minimum atomic E-state index is 0.00912. The van der Waals surface area contributed by atoms with Crippen LogP contribution in [0.1, 0.15) is 29.1 Å². The molecule has 0 aliphatic carbocycles. The predicted octanol–water partition coefficient (Wildman–Crippen LogP) is 2.30. The Labute approximate surface area is 166 Å². The summed E-state index contributed by atoms with van der Waals surface area (Å²) in [5.41, 5.74) is 5.14. The van der Waals surface area contributed by atoms with E-state index >= 15 is 0 Å². The van der Waals surface area contributed by atoms with E-state index in [0.717, 1.165) is 70.4 Å². The molecule has 1 unspecified atom stereocenters. The van der Waals surface area contributed by atoms with Crippen LogP contribution in [0.3, 0.4) is 0 Å². The summed E-state index contributed by atoms with van der Waals surface area (Å²) in [5, 5.41) is 0. The Morgan fingerprint density at radius 1 is 1.11 bits per heavy atom. The molecule has 3 aliphatic heterocycles. The quantitative estimate of drug-likeness (QED) is 0.814. The number of para-hydroxylation sites is 1. The second-order valence-corrected chi connectivity index (χ2v) is 8.25. The lowest BCUT2D eigenvalue weighted by molar-refractivity contribution is 0.0500. The first kappa shape index (κ1) is 18.0. The summed E-state index contributed by atoms with van der Waals surface area (Å²) in [6.07, 6.45) is 3.05. The van der Waals surface area contributed by atoms with Gasteiger partial charge in [0.1, 0.15) is 5.82 Å². The summed E-state index contributed by atoms with van der Waals surface area (Å²) in [6.45, 7) is 9.98. The smallest absolute Gasteiger partial charge is 0.125 e. The van der Waals surface area contributed by atoms with Crippen LogP contribution in [0.25, 0.3) is 0 Å². The van der Waals surface area contributed by atoms with Gasteiger partial charge in [-0.25, -0.2) is 9.97 Å². The van der Waals surface area contributed by atoms with Crippen molar-refractivity contribution in [3.63, 3.8) is 0 Å². The highest BCUT2D eigenvalue weighted by Gasteiger charge is 2.44. The SMILES string of the molecule is Cc1ncc2c(n1)C1(CCN(Cc3ccccc3N3CCOCC3)C1)COC2. The van der Waals surface area contributed by atoms with E-state index in [0.29, 0.717) is 6.61 Å². The highest BCUT2D eigenvalue weighted by molar-refractivity contribution is 5.54. The minimum absolute atomic E-state index is 0.00912. The molecule has 1 atom stereocenters. The molecule has 148 valence electrons. The minimum Gasteiger partial charge on any atom is -0.378 e. The molecule has 5 rings (SSSR count). The van der Waals surface area contributed by atoms with Crippen LogP contribution in [0.15, 0.2) is 30.5 Å². The summed E-state index contributed by atoms with van der Waals surface area (Å²) in [5.74, 6) is 0.858. The van der Waals surface area contributed by atoms with E-state index in [4.69, 9.17) is 14.5 Å². The van der Waals surface area contributed by atoms with E-state index in [-0.39, 0.29) is 5.41 Å². The van der Waals surface area contributed by atoms with Crippen molar-refractivity contribution in [1.29, 1.82) is 0 Å². The van der Waals surface area contributed by atoms with Crippen molar-refractivity contribution in [3.05, 3.63) is 53.1 Å². The fourth-order valence-electron chi connectivity index (χ4n) is 4.89. The molecule has 0 radical (unpaired) electrons. The number of nitrogens with zero attached hydrogens (tertiary/aromatic N) is 4. The molecular formula is C22H28N4O2. The van der Waals surface area contributed by atoms with E-state index in [1.165, 1.54) is 16.9 Å². The van der Waals surface area contributed by atoms with Crippen molar-refractivity contribution >= 4 is 5.69 Å². The van der Waals surface area contributed by atoms with Crippen molar-refractivity contribution in [2.45, 2.75) is 31.9 Å². The fraction of sp³-hybridized carbons (Fsp3) is 0.545. The Morgan fingerprint density at radius 2 is 1.96 bits per heavy atom. The molecule has 28 heavy (non-hydrogen) atoms. The van der Waals surface area contributed by atoms with E-state index in [2.05, 4.69) is 39.0 Å². The topological polar surface area (TPSA) is 50.7 Å². The Hall–Kier alpha value is -2.02. The first-order chi connectivity index (χ1) is 13.7. The lowest BCUT2D eigenvalue weighted by atomic mass is 9.80. The van der Waals surface area contributed by atoms with Crippen LogP contribution in [0, 0.1) is 6.92 Å². The van der Waals surface area contributed by atoms with Gasteiger partial charge in [-0.3, -0.25) is 4.90 Å². The van der Waals surface area contributed by atoms with Crippen LogP contribution in [0.4, 0.5) is 5.69 Å². The van der Waals surface area contributed by atoms with Gasteiger partial charge in [-0.05, 0) is 31.5 Å². The molecule has 2 aromatic rings. The zero-order valence-electron chi connectivity index (χ0n) is 16.6. The number of rotatable bonds is 3. The number of morpholine rings is 1. The standard InChI is InChI=1S/C22H28N4O2/c1-17-23-12-19-14-28-16-22(21(19)24-17)6-7-25(15-22)13-18-4-2-3-5-20(18)26-8-10-27-11-9-26/h2-5,12H,6-11,13-16H2,1H3. The van der Waals surface area contributed by atoms with Gasteiger partial charge in [0.05, 0.1) is 37.5 Å². The van der Waals surface area contributed by atoms with Crippen LogP contribution >= 0.6 is 0 Å². The maximum absolute atomic E-state index is 5.96. The summed E-state index contributed by atoms with van der Waals surface area (Å²) in [7, 11) is 0. The second kappa shape index (κ2) is 7.43. The normalized spacial score (nSPS) is 25.2. The Kier molecular flexibility index (Phi) is 4.78. The zero-order valence-corrected chi connectivity index (χ0v) is 16.6. The number of anilines is 1. The highest BCUT2D eigenvalue weighted by atomic mass is 16.5. The van der Waals surface area contributed by atoms with Crippen molar-refractivity contribution < 1.29 is 9.47 Å². The fourth-order valence-corrected chi connectivity index (χ4v) is 4.89. The van der Waals surface area contributed by atoms with Gasteiger partial charge in [0, 0.05) is 43.6 Å². The molecule has 1 aromatic heterocycles. The number of benzene rings is 1. The van der Waals surface area contributed by atoms with E-state index in [1.807, 2.05) is 13.1 Å². The molecule has 2 saturated heterocycles. The van der Waals surface area contributed by atoms with Gasteiger partial charge in [0.2, 0.25) is 0 Å². The van der Waals surface area contributed by atoms with Gasteiger partial charge >= 0.3 is 0 Å². The van der Waals surface area contributed by atoms with Crippen LogP contribution in [-0.2, 0) is 28.0 Å². The first-order valence-corrected chi connectivity index (χ1v) is 10.3. The molecule has 2 fully saturated rings. The van der Waals surface area contributed by atoms with E-state index in [9.17, 15) is 0 Å². The number of likely N-dealkylation sites (tertiary alicyclic amines) is 1. The average Bonchev–Trinajstić information content (AvgIpc) is 3.13. The number of ether oxygens (including phenoxy) is 2. The summed E-state index contributed by atoms with van der Waals surface area (Å²) >= 11 is 0. The highest BCUT2D eigenvalue weighted by Crippen LogP contribution is 2.39. The molecule has 0 saturated carbocycles. The van der Waals surface area contributed by atoms with Gasteiger partial charge in [-0.1, -0.05) is 18.2 Å². The third kappa shape index (κ3) is 3.30. The van der Waals surface area contributed by atoms with Gasteiger partial charge < -0.3 is 14.4 Å². The zero-order chi connectivity index (χ0) is 19.0. The van der Waals surface area contributed by atoms with Gasteiger partial charge in [0.15, 0.2) is 0 Å². The molecule has 1 aromatic carbocycles. The summed E-state index contributed by atoms with van der Waals surface area (Å²) in [6, 6.07) is 8.82. The number of fused-ring (bicyclic) bond motifs is 2. The maximum atomic E-state index is 5.96. The van der Waals surface area contributed by atoms with Crippen LogP contribution in [0.5, 0.6) is 0 Å². The molecular weight excluding hydrogens is 352 g/mol. The second-order valence-electron chi connectivity index (χ2n) is 8.25. The monoisotopic (exact) mass is 380 g/mol. The largest absolute Gasteiger partial charge is 0.378 e. The Balaban J connectivity index is 1.37. The van der Waals surface area contributed by atoms with Crippen molar-refractivity contribution in [1.82, 2.24) is 14.9 Å². The van der Waals surface area contributed by atoms with Gasteiger partial charge in [-0.2, -0.15) is 0 Å². The first-order valence-electron chi connectivity index (χ1n) is 10.3.